The minimum Gasteiger partial charge on any atom is -0.338 e. The molecule has 140 valence electrons. The third-order valence-corrected chi connectivity index (χ3v) is 4.73. The molecule has 1 amide bonds. The Morgan fingerprint density at radius 2 is 2.15 bits per heavy atom. The van der Waals surface area contributed by atoms with Gasteiger partial charge in [0.2, 0.25) is 11.8 Å². The van der Waals surface area contributed by atoms with Gasteiger partial charge in [0.05, 0.1) is 12.2 Å². The third-order valence-electron chi connectivity index (χ3n) is 4.37. The summed E-state index contributed by atoms with van der Waals surface area (Å²) in [6, 6.07) is 6.62. The van der Waals surface area contributed by atoms with E-state index in [2.05, 4.69) is 10.5 Å². The lowest BCUT2D eigenvalue weighted by molar-refractivity contribution is -0.117. The number of hydrogen-bond donors (Lipinski definition) is 1. The summed E-state index contributed by atoms with van der Waals surface area (Å²) in [5.41, 5.74) is 1.03. The maximum absolute atomic E-state index is 14.1. The molecule has 1 saturated carbocycles. The Kier molecular flexibility index (Phi) is 5.34. The Labute approximate surface area is 157 Å². The van der Waals surface area contributed by atoms with Gasteiger partial charge in [0.1, 0.15) is 5.82 Å². The number of halogens is 2. The quantitative estimate of drug-likeness (QED) is 0.809. The van der Waals surface area contributed by atoms with Crippen molar-refractivity contribution in [1.82, 2.24) is 10.1 Å². The zero-order valence-corrected chi connectivity index (χ0v) is 15.9. The van der Waals surface area contributed by atoms with Crippen LogP contribution >= 0.6 is 11.6 Å². The number of nitrogens with one attached hydrogen (secondary N) is 1. The number of benzene rings is 1. The van der Waals surface area contributed by atoms with Gasteiger partial charge in [0, 0.05) is 34.7 Å². The molecule has 0 atom stereocenters. The first kappa shape index (κ1) is 18.9. The number of carbonyl (C=O) groups excluding carboxylic acids is 1. The fourth-order valence-electron chi connectivity index (χ4n) is 2.69. The fraction of sp³-hybridized carbons (Fsp3) is 0.474. The van der Waals surface area contributed by atoms with Gasteiger partial charge in [-0.2, -0.15) is 0 Å². The van der Waals surface area contributed by atoms with Crippen LogP contribution in [0.2, 0.25) is 5.02 Å². The van der Waals surface area contributed by atoms with Crippen LogP contribution in [0, 0.1) is 5.82 Å². The van der Waals surface area contributed by atoms with Crippen molar-refractivity contribution < 1.29 is 13.7 Å². The summed E-state index contributed by atoms with van der Waals surface area (Å²) >= 11 is 6.12. The highest BCUT2D eigenvalue weighted by Gasteiger charge is 2.31. The van der Waals surface area contributed by atoms with Gasteiger partial charge < -0.3 is 4.52 Å². The summed E-state index contributed by atoms with van der Waals surface area (Å²) in [4.78, 5) is 14.4. The highest BCUT2D eigenvalue weighted by Crippen LogP contribution is 2.30. The molecule has 1 aromatic heterocycles. The topological polar surface area (TPSA) is 58.4 Å². The Morgan fingerprint density at radius 3 is 2.73 bits per heavy atom. The molecule has 1 aliphatic rings. The van der Waals surface area contributed by atoms with Crippen LogP contribution in [0.15, 0.2) is 28.8 Å². The van der Waals surface area contributed by atoms with Crippen LogP contribution in [0.3, 0.4) is 0 Å². The predicted molar refractivity (Wildman–Crippen MR) is 98.7 cm³/mol. The molecule has 0 aliphatic heterocycles. The number of amides is 1. The molecule has 1 N–H and O–H groups in total. The minimum absolute atomic E-state index is 0.140. The average Bonchev–Trinajstić information content (AvgIpc) is 3.28. The number of hydrogen-bond acceptors (Lipinski definition) is 4. The molecule has 1 aromatic carbocycles. The van der Waals surface area contributed by atoms with Gasteiger partial charge in [-0.05, 0) is 25.0 Å². The highest BCUT2D eigenvalue weighted by molar-refractivity contribution is 6.31. The second-order valence-corrected chi connectivity index (χ2v) is 8.12. The lowest BCUT2D eigenvalue weighted by atomic mass is 9.92. The van der Waals surface area contributed by atoms with E-state index in [-0.39, 0.29) is 29.7 Å². The van der Waals surface area contributed by atoms with Crippen molar-refractivity contribution >= 4 is 23.4 Å². The molecule has 1 fully saturated rings. The van der Waals surface area contributed by atoms with Crippen LogP contribution in [-0.4, -0.2) is 28.6 Å². The maximum Gasteiger partial charge on any atom is 0.240 e. The van der Waals surface area contributed by atoms with E-state index in [1.54, 1.807) is 18.2 Å². The lowest BCUT2D eigenvalue weighted by Gasteiger charge is -2.22. The van der Waals surface area contributed by atoms with Crippen molar-refractivity contribution in [3.8, 4) is 0 Å². The molecule has 1 aliphatic carbocycles. The van der Waals surface area contributed by atoms with E-state index in [0.29, 0.717) is 23.0 Å². The third kappa shape index (κ3) is 4.62. The van der Waals surface area contributed by atoms with Crippen molar-refractivity contribution in [3.63, 3.8) is 0 Å². The predicted octanol–water partition coefficient (Wildman–Crippen LogP) is 4.37. The molecule has 0 spiro atoms. The number of anilines is 1. The van der Waals surface area contributed by atoms with Crippen LogP contribution in [0.1, 0.15) is 44.9 Å². The molecule has 0 bridgehead atoms. The Balaban J connectivity index is 1.65. The largest absolute Gasteiger partial charge is 0.338 e. The second kappa shape index (κ2) is 7.37. The van der Waals surface area contributed by atoms with E-state index in [1.807, 2.05) is 25.7 Å². The van der Waals surface area contributed by atoms with E-state index in [0.717, 1.165) is 18.5 Å². The van der Waals surface area contributed by atoms with Crippen LogP contribution in [0.5, 0.6) is 0 Å². The van der Waals surface area contributed by atoms with Crippen LogP contribution in [-0.2, 0) is 16.8 Å². The first-order chi connectivity index (χ1) is 12.2. The molecular weight excluding hydrogens is 357 g/mol. The number of carbonyl (C=O) groups is 1. The van der Waals surface area contributed by atoms with Crippen molar-refractivity contribution in [2.75, 3.05) is 11.9 Å². The van der Waals surface area contributed by atoms with E-state index in [1.165, 1.54) is 6.07 Å². The molecular formula is C19H23ClFN3O2. The highest BCUT2D eigenvalue weighted by atomic mass is 35.5. The number of aromatic nitrogens is 1. The number of rotatable bonds is 6. The van der Waals surface area contributed by atoms with Gasteiger partial charge in [0.25, 0.3) is 0 Å². The Bertz CT molecular complexity index is 776. The summed E-state index contributed by atoms with van der Waals surface area (Å²) in [5, 5.41) is 7.09. The van der Waals surface area contributed by atoms with E-state index < -0.39 is 0 Å². The smallest absolute Gasteiger partial charge is 0.240 e. The summed E-state index contributed by atoms with van der Waals surface area (Å²) in [6.45, 7) is 6.49. The monoisotopic (exact) mass is 379 g/mol. The summed E-state index contributed by atoms with van der Waals surface area (Å²) < 4.78 is 19.3. The van der Waals surface area contributed by atoms with Crippen molar-refractivity contribution in [2.45, 2.75) is 51.6 Å². The fourth-order valence-corrected chi connectivity index (χ4v) is 2.91. The van der Waals surface area contributed by atoms with Crippen LogP contribution < -0.4 is 5.32 Å². The molecule has 0 saturated heterocycles. The van der Waals surface area contributed by atoms with Crippen molar-refractivity contribution in [3.05, 3.63) is 46.4 Å². The van der Waals surface area contributed by atoms with Gasteiger partial charge >= 0.3 is 0 Å². The Morgan fingerprint density at radius 1 is 1.42 bits per heavy atom. The van der Waals surface area contributed by atoms with Gasteiger partial charge in [0.15, 0.2) is 0 Å². The summed E-state index contributed by atoms with van der Waals surface area (Å²) in [6.07, 6.45) is 1.99. The molecule has 5 nitrogen and oxygen atoms in total. The number of nitrogens with zero attached hydrogens (tertiary/aromatic N) is 2. The van der Waals surface area contributed by atoms with Gasteiger partial charge in [-0.15, -0.1) is 0 Å². The van der Waals surface area contributed by atoms with Crippen molar-refractivity contribution in [1.29, 1.82) is 0 Å². The van der Waals surface area contributed by atoms with Crippen LogP contribution in [0.25, 0.3) is 0 Å². The molecule has 0 radical (unpaired) electrons. The normalized spacial score (nSPS) is 14.7. The second-order valence-electron chi connectivity index (χ2n) is 7.71. The molecule has 3 rings (SSSR count). The van der Waals surface area contributed by atoms with Gasteiger partial charge in [-0.25, -0.2) is 4.39 Å². The average molecular weight is 380 g/mol. The summed E-state index contributed by atoms with van der Waals surface area (Å²) in [7, 11) is 0. The standard InChI is InChI=1S/C19H23ClFN3O2/c1-19(2,3)16-9-18(26-23-16)22-17(25)11-24(12-7-8-12)10-13-14(20)5-4-6-15(13)21/h4-6,9,12H,7-8,10-11H2,1-3H3,(H,22,25). The van der Waals surface area contributed by atoms with Crippen molar-refractivity contribution in [2.24, 2.45) is 0 Å². The molecule has 7 heteroatoms. The first-order valence-electron chi connectivity index (χ1n) is 8.68. The van der Waals surface area contributed by atoms with E-state index in [4.69, 9.17) is 16.1 Å². The first-order valence-corrected chi connectivity index (χ1v) is 9.06. The van der Waals surface area contributed by atoms with E-state index in [9.17, 15) is 9.18 Å². The molecule has 0 unspecified atom stereocenters. The molecule has 1 heterocycles. The van der Waals surface area contributed by atoms with E-state index >= 15 is 0 Å². The molecule has 26 heavy (non-hydrogen) atoms. The lowest BCUT2D eigenvalue weighted by Crippen LogP contribution is -2.34. The van der Waals surface area contributed by atoms with Crippen LogP contribution in [0.4, 0.5) is 10.3 Å². The van der Waals surface area contributed by atoms with Gasteiger partial charge in [-0.3, -0.25) is 15.0 Å². The zero-order chi connectivity index (χ0) is 18.9. The Hall–Kier alpha value is -1.92. The summed E-state index contributed by atoms with van der Waals surface area (Å²) in [5.74, 6) is -0.255. The van der Waals surface area contributed by atoms with Gasteiger partial charge in [-0.1, -0.05) is 43.6 Å². The molecule has 2 aromatic rings. The zero-order valence-electron chi connectivity index (χ0n) is 15.2. The SMILES string of the molecule is CC(C)(C)c1cc(NC(=O)CN(Cc2c(F)cccc2Cl)C2CC2)on1. The minimum atomic E-state index is -0.353. The maximum atomic E-state index is 14.1.